The zero-order chi connectivity index (χ0) is 38.8. The van der Waals surface area contributed by atoms with E-state index in [1.165, 1.54) is 33.4 Å². The summed E-state index contributed by atoms with van der Waals surface area (Å²) in [5.41, 5.74) is 9.59. The third kappa shape index (κ3) is 12.8. The van der Waals surface area contributed by atoms with E-state index in [1.807, 2.05) is 0 Å². The van der Waals surface area contributed by atoms with Crippen molar-refractivity contribution in [2.75, 3.05) is 0 Å². The van der Waals surface area contributed by atoms with Crippen molar-refractivity contribution < 1.29 is 29.9 Å². The van der Waals surface area contributed by atoms with Crippen molar-refractivity contribution in [3.63, 3.8) is 0 Å². The van der Waals surface area contributed by atoms with Crippen molar-refractivity contribution >= 4 is 0 Å². The van der Waals surface area contributed by atoms with E-state index in [1.54, 1.807) is 6.92 Å². The Hall–Kier alpha value is -3.10. The molecule has 52 heavy (non-hydrogen) atoms. The summed E-state index contributed by atoms with van der Waals surface area (Å²) in [6.45, 7) is 23.1. The lowest BCUT2D eigenvalue weighted by atomic mass is 9.71. The molecule has 4 N–H and O–H groups in total. The molecule has 0 spiro atoms. The van der Waals surface area contributed by atoms with Gasteiger partial charge in [-0.3, -0.25) is 0 Å². The summed E-state index contributed by atoms with van der Waals surface area (Å²) < 4.78 is 11.8. The van der Waals surface area contributed by atoms with Crippen LogP contribution in [0.2, 0.25) is 0 Å². The Balaban J connectivity index is 1.51. The predicted molar refractivity (Wildman–Crippen MR) is 215 cm³/mol. The van der Waals surface area contributed by atoms with Gasteiger partial charge in [0.05, 0.1) is 18.3 Å². The fourth-order valence-corrected chi connectivity index (χ4v) is 7.51. The van der Waals surface area contributed by atoms with Crippen molar-refractivity contribution in [2.24, 2.45) is 10.8 Å². The second kappa shape index (κ2) is 19.3. The van der Waals surface area contributed by atoms with Gasteiger partial charge in [-0.2, -0.15) is 0 Å². The van der Waals surface area contributed by atoms with Crippen molar-refractivity contribution in [1.82, 2.24) is 0 Å². The van der Waals surface area contributed by atoms with Crippen LogP contribution in [-0.2, 0) is 9.47 Å². The zero-order valence-electron chi connectivity index (χ0n) is 33.6. The molecule has 0 aromatic heterocycles. The number of allylic oxidation sites excluding steroid dienone is 20. The Morgan fingerprint density at radius 2 is 1.06 bits per heavy atom. The summed E-state index contributed by atoms with van der Waals surface area (Å²) in [5, 5.41) is 40.7. The van der Waals surface area contributed by atoms with E-state index in [0.717, 1.165) is 30.4 Å². The van der Waals surface area contributed by atoms with Gasteiger partial charge in [0.2, 0.25) is 0 Å². The van der Waals surface area contributed by atoms with E-state index in [4.69, 9.17) is 9.47 Å². The normalized spacial score (nSPS) is 31.5. The van der Waals surface area contributed by atoms with Gasteiger partial charge in [-0.05, 0) is 96.1 Å². The van der Waals surface area contributed by atoms with E-state index in [0.29, 0.717) is 6.42 Å². The molecular weight excluding hydrogens is 649 g/mol. The van der Waals surface area contributed by atoms with Crippen LogP contribution in [0.25, 0.3) is 0 Å². The number of rotatable bonds is 12. The molecule has 6 nitrogen and oxygen atoms in total. The van der Waals surface area contributed by atoms with Crippen molar-refractivity contribution in [1.29, 1.82) is 0 Å². The van der Waals surface area contributed by atoms with Crippen LogP contribution in [0.15, 0.2) is 130 Å². The van der Waals surface area contributed by atoms with E-state index in [2.05, 4.69) is 154 Å². The zero-order valence-corrected chi connectivity index (χ0v) is 33.6. The van der Waals surface area contributed by atoms with Crippen LogP contribution < -0.4 is 0 Å². The SMILES string of the molecule is CC1=C(/C=C/C(C)=C/C=C/C(C)=C/C=C/C=C(C)/C=C/C=C(C)\C=C\C2=C(C)C[C@@H](O[C@@H]3O[C@@H](C)[C@H](O)[C@@H](O)[C@H]3O)CC2(C)C)C(C)(C)C[C@H](O)C1. The molecular formula is C46H66O6. The summed E-state index contributed by atoms with van der Waals surface area (Å²) in [4.78, 5) is 0. The van der Waals surface area contributed by atoms with Gasteiger partial charge in [-0.15, -0.1) is 0 Å². The second-order valence-electron chi connectivity index (χ2n) is 16.5. The lowest BCUT2D eigenvalue weighted by molar-refractivity contribution is -0.305. The summed E-state index contributed by atoms with van der Waals surface area (Å²) in [7, 11) is 0. The van der Waals surface area contributed by atoms with Gasteiger partial charge in [0.15, 0.2) is 6.29 Å². The highest BCUT2D eigenvalue weighted by molar-refractivity contribution is 5.39. The number of ether oxygens (including phenoxy) is 2. The third-order valence-electron chi connectivity index (χ3n) is 10.4. The molecule has 0 bridgehead atoms. The minimum Gasteiger partial charge on any atom is -0.393 e. The van der Waals surface area contributed by atoms with Gasteiger partial charge in [0.25, 0.3) is 0 Å². The number of aliphatic hydroxyl groups excluding tert-OH is 4. The Labute approximate surface area is 314 Å². The highest BCUT2D eigenvalue weighted by Crippen LogP contribution is 2.43. The van der Waals surface area contributed by atoms with Crippen LogP contribution in [0.5, 0.6) is 0 Å². The molecule has 1 heterocycles. The molecule has 1 fully saturated rings. The Bertz CT molecular complexity index is 1580. The molecule has 6 heteroatoms. The molecule has 2 aliphatic carbocycles. The summed E-state index contributed by atoms with van der Waals surface area (Å²) >= 11 is 0. The van der Waals surface area contributed by atoms with Crippen LogP contribution in [-0.4, -0.2) is 63.3 Å². The molecule has 3 rings (SSSR count). The first-order valence-corrected chi connectivity index (χ1v) is 18.8. The van der Waals surface area contributed by atoms with Crippen molar-refractivity contribution in [2.45, 2.75) is 145 Å². The van der Waals surface area contributed by atoms with Crippen LogP contribution >= 0.6 is 0 Å². The molecule has 1 aliphatic heterocycles. The maximum atomic E-state index is 10.4. The number of hydrogen-bond donors (Lipinski definition) is 4. The lowest BCUT2D eigenvalue weighted by Crippen LogP contribution is -2.58. The summed E-state index contributed by atoms with van der Waals surface area (Å²) in [6, 6.07) is 0. The maximum absolute atomic E-state index is 10.4. The molecule has 0 radical (unpaired) electrons. The minimum atomic E-state index is -1.30. The number of aliphatic hydroxyl groups is 4. The molecule has 0 aromatic carbocycles. The maximum Gasteiger partial charge on any atom is 0.186 e. The van der Waals surface area contributed by atoms with Crippen LogP contribution in [0.3, 0.4) is 0 Å². The van der Waals surface area contributed by atoms with Gasteiger partial charge < -0.3 is 29.9 Å². The first kappa shape index (κ1) is 43.3. The van der Waals surface area contributed by atoms with Crippen LogP contribution in [0.4, 0.5) is 0 Å². The Kier molecular flexibility index (Phi) is 16.1. The smallest absolute Gasteiger partial charge is 0.186 e. The Morgan fingerprint density at radius 3 is 1.54 bits per heavy atom. The van der Waals surface area contributed by atoms with Crippen molar-refractivity contribution in [3.05, 3.63) is 130 Å². The monoisotopic (exact) mass is 714 g/mol. The van der Waals surface area contributed by atoms with Gasteiger partial charge in [-0.1, -0.05) is 146 Å². The quantitative estimate of drug-likeness (QED) is 0.150. The standard InChI is InChI=1S/C46H66O6/c1-30(18-14-20-32(3)22-24-39-34(5)26-37(47)28-45(39,8)9)16-12-13-17-31(2)19-15-21-33(4)23-25-40-35(6)27-38(29-46(40,10)11)52-44-43(50)42(49)41(48)36(7)51-44/h12-25,36-38,41-44,47-50H,26-29H2,1-11H3/b13-12+,18-14+,19-15+,24-22+,25-23+,30-16+,31-17+,32-20+,33-21-/t36-,37+,38+,41-,42+,43+,44-/m0/s1. The third-order valence-corrected chi connectivity index (χ3v) is 10.4. The molecule has 0 saturated carbocycles. The van der Waals surface area contributed by atoms with E-state index in [9.17, 15) is 20.4 Å². The summed E-state index contributed by atoms with van der Waals surface area (Å²) in [6.07, 6.45) is 26.9. The van der Waals surface area contributed by atoms with Gasteiger partial charge in [-0.25, -0.2) is 0 Å². The highest BCUT2D eigenvalue weighted by atomic mass is 16.7. The lowest BCUT2D eigenvalue weighted by Gasteiger charge is -2.43. The fourth-order valence-electron chi connectivity index (χ4n) is 7.51. The van der Waals surface area contributed by atoms with Crippen molar-refractivity contribution in [3.8, 4) is 0 Å². The molecule has 0 aromatic rings. The molecule has 0 unspecified atom stereocenters. The average Bonchev–Trinajstić information content (AvgIpc) is 3.03. The second-order valence-corrected chi connectivity index (χ2v) is 16.5. The van der Waals surface area contributed by atoms with Gasteiger partial charge in [0, 0.05) is 0 Å². The van der Waals surface area contributed by atoms with Gasteiger partial charge in [0.1, 0.15) is 18.3 Å². The topological polar surface area (TPSA) is 99.4 Å². The average molecular weight is 715 g/mol. The Morgan fingerprint density at radius 1 is 0.615 bits per heavy atom. The highest BCUT2D eigenvalue weighted by Gasteiger charge is 2.44. The summed E-state index contributed by atoms with van der Waals surface area (Å²) in [5.74, 6) is 0. The molecule has 7 atom stereocenters. The van der Waals surface area contributed by atoms with Crippen LogP contribution in [0, 0.1) is 10.8 Å². The van der Waals surface area contributed by atoms with E-state index >= 15 is 0 Å². The fraction of sp³-hybridized carbons (Fsp3) is 0.522. The minimum absolute atomic E-state index is 0.0120. The first-order chi connectivity index (χ1) is 24.3. The van der Waals surface area contributed by atoms with E-state index in [-0.39, 0.29) is 23.0 Å². The van der Waals surface area contributed by atoms with Gasteiger partial charge >= 0.3 is 0 Å². The van der Waals surface area contributed by atoms with E-state index < -0.39 is 30.7 Å². The predicted octanol–water partition coefficient (Wildman–Crippen LogP) is 9.40. The van der Waals surface area contributed by atoms with Crippen LogP contribution in [0.1, 0.15) is 102 Å². The molecule has 0 amide bonds. The first-order valence-electron chi connectivity index (χ1n) is 18.8. The molecule has 3 aliphatic rings. The number of hydrogen-bond acceptors (Lipinski definition) is 6. The largest absolute Gasteiger partial charge is 0.393 e. The molecule has 1 saturated heterocycles. The molecule has 286 valence electrons.